The van der Waals surface area contributed by atoms with Crippen LogP contribution in [0.4, 0.5) is 4.39 Å². The van der Waals surface area contributed by atoms with E-state index in [-0.39, 0.29) is 11.9 Å². The van der Waals surface area contributed by atoms with Gasteiger partial charge in [-0.1, -0.05) is 18.2 Å². The van der Waals surface area contributed by atoms with Crippen LogP contribution in [0.5, 0.6) is 0 Å². The van der Waals surface area contributed by atoms with Gasteiger partial charge in [-0.2, -0.15) is 5.10 Å². The van der Waals surface area contributed by atoms with Crippen LogP contribution < -0.4 is 11.3 Å². The number of hydrogen-bond donors (Lipinski definition) is 2. The first-order chi connectivity index (χ1) is 8.67. The Kier molecular flexibility index (Phi) is 3.74. The van der Waals surface area contributed by atoms with Crippen molar-refractivity contribution in [2.75, 3.05) is 0 Å². The average Bonchev–Trinajstić information content (AvgIpc) is 2.84. The maximum absolute atomic E-state index is 14.1. The summed E-state index contributed by atoms with van der Waals surface area (Å²) in [4.78, 5) is 0. The van der Waals surface area contributed by atoms with Crippen molar-refractivity contribution < 1.29 is 4.39 Å². The van der Waals surface area contributed by atoms with Gasteiger partial charge in [-0.15, -0.1) is 0 Å². The maximum Gasteiger partial charge on any atom is 0.131 e. The Bertz CT molecular complexity index is 536. The number of benzene rings is 1. The lowest BCUT2D eigenvalue weighted by Crippen LogP contribution is -2.29. The SMILES string of the molecule is CCn1cc(C(NN)c2cccc(C)c2F)cn1. The summed E-state index contributed by atoms with van der Waals surface area (Å²) >= 11 is 0. The van der Waals surface area contributed by atoms with Crippen LogP contribution >= 0.6 is 0 Å². The molecule has 0 aliphatic rings. The van der Waals surface area contributed by atoms with E-state index in [0.29, 0.717) is 11.1 Å². The zero-order valence-corrected chi connectivity index (χ0v) is 10.5. The number of nitrogens with one attached hydrogen (secondary N) is 1. The zero-order valence-electron chi connectivity index (χ0n) is 10.5. The average molecular weight is 248 g/mol. The molecule has 0 saturated heterocycles. The van der Waals surface area contributed by atoms with E-state index in [1.54, 1.807) is 29.9 Å². The number of halogens is 1. The molecule has 0 aliphatic carbocycles. The summed E-state index contributed by atoms with van der Waals surface area (Å²) in [6, 6.07) is 4.91. The van der Waals surface area contributed by atoms with E-state index in [1.165, 1.54) is 0 Å². The second-order valence-corrected chi connectivity index (χ2v) is 4.21. The highest BCUT2D eigenvalue weighted by Crippen LogP contribution is 2.24. The molecule has 0 fully saturated rings. The summed E-state index contributed by atoms with van der Waals surface area (Å²) in [5, 5.41) is 4.18. The molecule has 1 atom stereocenters. The lowest BCUT2D eigenvalue weighted by molar-refractivity contribution is 0.554. The molecule has 1 aromatic carbocycles. The minimum Gasteiger partial charge on any atom is -0.273 e. The van der Waals surface area contributed by atoms with Gasteiger partial charge in [-0.3, -0.25) is 10.5 Å². The highest BCUT2D eigenvalue weighted by molar-refractivity contribution is 5.33. The molecule has 0 saturated carbocycles. The molecule has 0 spiro atoms. The smallest absolute Gasteiger partial charge is 0.131 e. The fraction of sp³-hybridized carbons (Fsp3) is 0.308. The van der Waals surface area contributed by atoms with Crippen molar-refractivity contribution in [2.24, 2.45) is 5.84 Å². The van der Waals surface area contributed by atoms with Crippen molar-refractivity contribution in [3.63, 3.8) is 0 Å². The number of hydrazine groups is 1. The summed E-state index contributed by atoms with van der Waals surface area (Å²) < 4.78 is 15.9. The monoisotopic (exact) mass is 248 g/mol. The molecular weight excluding hydrogens is 231 g/mol. The molecule has 0 bridgehead atoms. The van der Waals surface area contributed by atoms with Gasteiger partial charge in [0.25, 0.3) is 0 Å². The third kappa shape index (κ3) is 2.27. The van der Waals surface area contributed by atoms with Gasteiger partial charge in [-0.25, -0.2) is 9.82 Å². The molecule has 1 aromatic heterocycles. The van der Waals surface area contributed by atoms with E-state index in [4.69, 9.17) is 5.84 Å². The van der Waals surface area contributed by atoms with Crippen LogP contribution in [0.1, 0.15) is 29.7 Å². The standard InChI is InChI=1S/C13H17FN4/c1-3-18-8-10(7-16-18)13(17-15)11-6-4-5-9(2)12(11)14/h4-8,13,17H,3,15H2,1-2H3. The molecule has 1 heterocycles. The van der Waals surface area contributed by atoms with E-state index in [1.807, 2.05) is 19.2 Å². The van der Waals surface area contributed by atoms with Crippen LogP contribution in [0.2, 0.25) is 0 Å². The Morgan fingerprint density at radius 2 is 2.28 bits per heavy atom. The fourth-order valence-corrected chi connectivity index (χ4v) is 1.96. The fourth-order valence-electron chi connectivity index (χ4n) is 1.96. The predicted molar refractivity (Wildman–Crippen MR) is 68.2 cm³/mol. The van der Waals surface area contributed by atoms with Crippen molar-refractivity contribution in [1.82, 2.24) is 15.2 Å². The third-order valence-corrected chi connectivity index (χ3v) is 3.01. The molecule has 4 nitrogen and oxygen atoms in total. The highest BCUT2D eigenvalue weighted by Gasteiger charge is 2.18. The second-order valence-electron chi connectivity index (χ2n) is 4.21. The van der Waals surface area contributed by atoms with Crippen LogP contribution in [0.3, 0.4) is 0 Å². The number of rotatable bonds is 4. The van der Waals surface area contributed by atoms with Gasteiger partial charge >= 0.3 is 0 Å². The molecule has 2 rings (SSSR count). The second kappa shape index (κ2) is 5.29. The minimum atomic E-state index is -0.384. The normalized spacial score (nSPS) is 12.7. The summed E-state index contributed by atoms with van der Waals surface area (Å²) in [5.41, 5.74) is 4.64. The Labute approximate surface area is 106 Å². The van der Waals surface area contributed by atoms with Crippen molar-refractivity contribution in [3.05, 3.63) is 53.1 Å². The van der Waals surface area contributed by atoms with E-state index >= 15 is 0 Å². The summed E-state index contributed by atoms with van der Waals surface area (Å²) in [6.45, 7) is 4.50. The molecule has 0 aliphatic heterocycles. The van der Waals surface area contributed by atoms with Crippen molar-refractivity contribution >= 4 is 0 Å². The van der Waals surface area contributed by atoms with Crippen molar-refractivity contribution in [2.45, 2.75) is 26.4 Å². The van der Waals surface area contributed by atoms with Gasteiger partial charge < -0.3 is 0 Å². The number of nitrogens with two attached hydrogens (primary N) is 1. The summed E-state index contributed by atoms with van der Waals surface area (Å²) in [6.07, 6.45) is 3.57. The van der Waals surface area contributed by atoms with E-state index < -0.39 is 0 Å². The lowest BCUT2D eigenvalue weighted by Gasteiger charge is -2.16. The Morgan fingerprint density at radius 3 is 2.89 bits per heavy atom. The van der Waals surface area contributed by atoms with E-state index in [0.717, 1.165) is 12.1 Å². The van der Waals surface area contributed by atoms with E-state index in [9.17, 15) is 4.39 Å². The molecule has 1 unspecified atom stereocenters. The molecule has 18 heavy (non-hydrogen) atoms. The molecule has 2 aromatic rings. The van der Waals surface area contributed by atoms with Crippen LogP contribution in [-0.4, -0.2) is 9.78 Å². The van der Waals surface area contributed by atoms with Gasteiger partial charge in [0.05, 0.1) is 12.2 Å². The zero-order chi connectivity index (χ0) is 13.1. The first kappa shape index (κ1) is 12.7. The Balaban J connectivity index is 2.41. The number of aromatic nitrogens is 2. The minimum absolute atomic E-state index is 0.232. The third-order valence-electron chi connectivity index (χ3n) is 3.01. The topological polar surface area (TPSA) is 55.9 Å². The molecular formula is C13H17FN4. The quantitative estimate of drug-likeness (QED) is 0.642. The van der Waals surface area contributed by atoms with Crippen LogP contribution in [0, 0.1) is 12.7 Å². The number of nitrogens with zero attached hydrogens (tertiary/aromatic N) is 2. The van der Waals surface area contributed by atoms with Crippen molar-refractivity contribution in [1.29, 1.82) is 0 Å². The largest absolute Gasteiger partial charge is 0.273 e. The molecule has 0 radical (unpaired) electrons. The van der Waals surface area contributed by atoms with Crippen LogP contribution in [-0.2, 0) is 6.54 Å². The Morgan fingerprint density at radius 1 is 1.50 bits per heavy atom. The van der Waals surface area contributed by atoms with E-state index in [2.05, 4.69) is 10.5 Å². The Hall–Kier alpha value is -1.72. The van der Waals surface area contributed by atoms with Gasteiger partial charge in [0, 0.05) is 23.9 Å². The molecule has 3 N–H and O–H groups in total. The summed E-state index contributed by atoms with van der Waals surface area (Å²) in [5.74, 6) is 5.32. The highest BCUT2D eigenvalue weighted by atomic mass is 19.1. The molecule has 96 valence electrons. The lowest BCUT2D eigenvalue weighted by atomic mass is 9.99. The molecule has 5 heteroatoms. The van der Waals surface area contributed by atoms with Gasteiger partial charge in [0.1, 0.15) is 5.82 Å². The maximum atomic E-state index is 14.1. The first-order valence-electron chi connectivity index (χ1n) is 5.90. The summed E-state index contributed by atoms with van der Waals surface area (Å²) in [7, 11) is 0. The molecule has 0 amide bonds. The van der Waals surface area contributed by atoms with Gasteiger partial charge in [0.15, 0.2) is 0 Å². The van der Waals surface area contributed by atoms with Crippen molar-refractivity contribution in [3.8, 4) is 0 Å². The van der Waals surface area contributed by atoms with Crippen LogP contribution in [0.15, 0.2) is 30.6 Å². The predicted octanol–water partition coefficient (Wildman–Crippen LogP) is 1.90. The van der Waals surface area contributed by atoms with Gasteiger partial charge in [-0.05, 0) is 19.4 Å². The van der Waals surface area contributed by atoms with Gasteiger partial charge in [0.2, 0.25) is 0 Å². The number of aryl methyl sites for hydroxylation is 2. The first-order valence-corrected chi connectivity index (χ1v) is 5.90. The van der Waals surface area contributed by atoms with Crippen LogP contribution in [0.25, 0.3) is 0 Å². The number of hydrogen-bond acceptors (Lipinski definition) is 3.